The summed E-state index contributed by atoms with van der Waals surface area (Å²) in [6.07, 6.45) is 1.79. The number of rotatable bonds is 6. The summed E-state index contributed by atoms with van der Waals surface area (Å²) in [5, 5.41) is 1.68. The molecule has 5 nitrogen and oxygen atoms in total. The molecule has 0 aromatic heterocycles. The number of carbonyl (C=O) groups excluding carboxylic acids is 1. The second kappa shape index (κ2) is 8.16. The van der Waals surface area contributed by atoms with Crippen molar-refractivity contribution in [3.63, 3.8) is 0 Å². The van der Waals surface area contributed by atoms with Crippen LogP contribution >= 0.6 is 0 Å². The molecule has 0 bridgehead atoms. The van der Waals surface area contributed by atoms with E-state index in [1.165, 1.54) is 5.69 Å². The molecule has 1 atom stereocenters. The third kappa shape index (κ3) is 3.77. The number of amides is 1. The first kappa shape index (κ1) is 18.8. The topological polar surface area (TPSA) is 38.9 Å². The van der Waals surface area contributed by atoms with Gasteiger partial charge in [0.05, 0.1) is 0 Å². The maximum atomic E-state index is 12.9. The van der Waals surface area contributed by atoms with Crippen molar-refractivity contribution in [2.75, 3.05) is 30.0 Å². The van der Waals surface area contributed by atoms with Crippen molar-refractivity contribution in [1.82, 2.24) is 0 Å². The summed E-state index contributed by atoms with van der Waals surface area (Å²) in [5.74, 6) is -0.0304. The van der Waals surface area contributed by atoms with Gasteiger partial charge in [-0.15, -0.1) is 4.68 Å². The number of para-hydroxylation sites is 1. The van der Waals surface area contributed by atoms with Crippen LogP contribution in [-0.2, 0) is 4.79 Å². The average molecular weight is 363 g/mol. The Kier molecular flexibility index (Phi) is 5.69. The van der Waals surface area contributed by atoms with Gasteiger partial charge in [0.1, 0.15) is 5.69 Å². The smallest absolute Gasteiger partial charge is 0.318 e. The first-order valence-corrected chi connectivity index (χ1v) is 9.41. The highest BCUT2D eigenvalue weighted by atomic mass is 16.2. The molecule has 1 heterocycles. The molecule has 3 rings (SSSR count). The van der Waals surface area contributed by atoms with Gasteiger partial charge in [0.25, 0.3) is 0 Å². The summed E-state index contributed by atoms with van der Waals surface area (Å²) >= 11 is 0. The number of hydrogen-bond donors (Lipinski definition) is 0. The lowest BCUT2D eigenvalue weighted by Crippen LogP contribution is -2.35. The molecule has 0 fully saturated rings. The highest BCUT2D eigenvalue weighted by Crippen LogP contribution is 2.21. The molecule has 0 spiro atoms. The Labute approximate surface area is 161 Å². The Morgan fingerprint density at radius 2 is 1.70 bits per heavy atom. The van der Waals surface area contributed by atoms with Crippen LogP contribution in [0.3, 0.4) is 0 Å². The number of carbonyl (C=O) groups is 1. The third-order valence-electron chi connectivity index (χ3n) is 5.04. The summed E-state index contributed by atoms with van der Waals surface area (Å²) in [4.78, 5) is 19.8. The van der Waals surface area contributed by atoms with Gasteiger partial charge >= 0.3 is 5.91 Å². The number of hydrogen-bond acceptors (Lipinski definition) is 3. The number of anilines is 2. The van der Waals surface area contributed by atoms with Crippen LogP contribution in [0.1, 0.15) is 26.3 Å². The molecule has 1 amide bonds. The van der Waals surface area contributed by atoms with Crippen molar-refractivity contribution < 1.29 is 9.48 Å². The largest absolute Gasteiger partial charge is 0.372 e. The number of hydrazone groups is 1. The first-order valence-electron chi connectivity index (χ1n) is 9.41. The standard InChI is InChI=1S/C22H27N4O/c1-5-25(6-2)19-14-12-18(13-15-19)16-23-21-17(3)24(4)26(22(21)27)20-10-8-7-9-11-20/h7-16,21H,5-6H2,1-4H3/q+1/t21-/m1/s1. The highest BCUT2D eigenvalue weighted by Gasteiger charge is 2.44. The molecule has 140 valence electrons. The van der Waals surface area contributed by atoms with E-state index in [1.807, 2.05) is 61.1 Å². The molecule has 5 heteroatoms. The van der Waals surface area contributed by atoms with Crippen molar-refractivity contribution >= 4 is 29.2 Å². The first-order chi connectivity index (χ1) is 13.1. The van der Waals surface area contributed by atoms with E-state index >= 15 is 0 Å². The van der Waals surface area contributed by atoms with Crippen LogP contribution in [0, 0.1) is 0 Å². The quantitative estimate of drug-likeness (QED) is 0.583. The van der Waals surface area contributed by atoms with Gasteiger partial charge in [-0.3, -0.25) is 9.79 Å². The minimum Gasteiger partial charge on any atom is -0.372 e. The summed E-state index contributed by atoms with van der Waals surface area (Å²) in [6, 6.07) is 17.5. The van der Waals surface area contributed by atoms with Crippen molar-refractivity contribution in [3.8, 4) is 0 Å². The Hall–Kier alpha value is -2.95. The average Bonchev–Trinajstić information content (AvgIpc) is 2.91. The fourth-order valence-electron chi connectivity index (χ4n) is 3.34. The van der Waals surface area contributed by atoms with Crippen LogP contribution in [0.4, 0.5) is 11.4 Å². The van der Waals surface area contributed by atoms with Crippen LogP contribution in [-0.4, -0.2) is 48.7 Å². The number of nitrogens with zero attached hydrogens (tertiary/aromatic N) is 4. The molecule has 2 aromatic rings. The minimum absolute atomic E-state index is 0.0304. The second-order valence-corrected chi connectivity index (χ2v) is 6.60. The second-order valence-electron chi connectivity index (χ2n) is 6.60. The van der Waals surface area contributed by atoms with Gasteiger partial charge in [-0.2, -0.15) is 0 Å². The van der Waals surface area contributed by atoms with Crippen molar-refractivity contribution in [3.05, 3.63) is 60.2 Å². The summed E-state index contributed by atoms with van der Waals surface area (Å²) in [7, 11) is 1.90. The van der Waals surface area contributed by atoms with E-state index < -0.39 is 6.04 Å². The monoisotopic (exact) mass is 363 g/mol. The number of aliphatic imine (C=N–C) groups is 1. The van der Waals surface area contributed by atoms with Crippen molar-refractivity contribution in [2.45, 2.75) is 26.8 Å². The molecule has 1 aliphatic rings. The van der Waals surface area contributed by atoms with Crippen LogP contribution in [0.5, 0.6) is 0 Å². The van der Waals surface area contributed by atoms with Gasteiger partial charge < -0.3 is 4.90 Å². The molecule has 0 saturated carbocycles. The zero-order valence-corrected chi connectivity index (χ0v) is 16.5. The molecule has 0 saturated heterocycles. The van der Waals surface area contributed by atoms with Gasteiger partial charge in [-0.05, 0) is 43.7 Å². The lowest BCUT2D eigenvalue weighted by atomic mass is 10.1. The van der Waals surface area contributed by atoms with Gasteiger partial charge in [-0.25, -0.2) is 0 Å². The zero-order chi connectivity index (χ0) is 19.4. The molecular formula is C22H27N4O+. The lowest BCUT2D eigenvalue weighted by molar-refractivity contribution is -0.495. The van der Waals surface area contributed by atoms with E-state index in [1.54, 1.807) is 11.2 Å². The third-order valence-corrected chi connectivity index (χ3v) is 5.04. The predicted octanol–water partition coefficient (Wildman–Crippen LogP) is 3.39. The summed E-state index contributed by atoms with van der Waals surface area (Å²) in [6.45, 7) is 8.22. The predicted molar refractivity (Wildman–Crippen MR) is 112 cm³/mol. The van der Waals surface area contributed by atoms with E-state index in [0.29, 0.717) is 0 Å². The maximum absolute atomic E-state index is 12.9. The fraction of sp³-hybridized carbons (Fsp3) is 0.318. The summed E-state index contributed by atoms with van der Waals surface area (Å²) in [5.41, 5.74) is 3.96. The fourth-order valence-corrected chi connectivity index (χ4v) is 3.34. The highest BCUT2D eigenvalue weighted by molar-refractivity contribution is 6.15. The Morgan fingerprint density at radius 1 is 1.07 bits per heavy atom. The molecule has 2 aromatic carbocycles. The van der Waals surface area contributed by atoms with Crippen LogP contribution in [0.25, 0.3) is 0 Å². The Balaban J connectivity index is 1.78. The Morgan fingerprint density at radius 3 is 2.30 bits per heavy atom. The molecule has 0 N–H and O–H groups in total. The van der Waals surface area contributed by atoms with Gasteiger partial charge in [-0.1, -0.05) is 35.3 Å². The molecule has 1 aliphatic heterocycles. The molecular weight excluding hydrogens is 336 g/mol. The van der Waals surface area contributed by atoms with Gasteiger partial charge in [0.15, 0.2) is 7.05 Å². The number of benzene rings is 2. The van der Waals surface area contributed by atoms with Crippen molar-refractivity contribution in [2.24, 2.45) is 4.99 Å². The molecule has 0 unspecified atom stereocenters. The Bertz CT molecular complexity index is 852. The van der Waals surface area contributed by atoms with Crippen molar-refractivity contribution in [1.29, 1.82) is 0 Å². The van der Waals surface area contributed by atoms with Crippen LogP contribution < -0.4 is 9.91 Å². The van der Waals surface area contributed by atoms with E-state index in [0.717, 1.165) is 30.1 Å². The normalized spacial score (nSPS) is 17.3. The SMILES string of the molecule is CCN(CC)c1ccc(C=N[C@H]2C(=O)N(c3ccccc3)[N+](C)=C2C)cc1. The zero-order valence-electron chi connectivity index (χ0n) is 16.5. The van der Waals surface area contributed by atoms with Crippen LogP contribution in [0.15, 0.2) is 59.6 Å². The minimum atomic E-state index is -0.488. The van der Waals surface area contributed by atoms with Gasteiger partial charge in [0, 0.05) is 31.9 Å². The maximum Gasteiger partial charge on any atom is 0.318 e. The van der Waals surface area contributed by atoms with E-state index in [4.69, 9.17) is 0 Å². The lowest BCUT2D eigenvalue weighted by Gasteiger charge is -2.20. The molecule has 0 aliphatic carbocycles. The molecule has 0 radical (unpaired) electrons. The van der Waals surface area contributed by atoms with E-state index in [-0.39, 0.29) is 5.91 Å². The van der Waals surface area contributed by atoms with Gasteiger partial charge in [0.2, 0.25) is 11.8 Å². The van der Waals surface area contributed by atoms with E-state index in [9.17, 15) is 4.79 Å². The number of hydrazine groups is 1. The molecule has 27 heavy (non-hydrogen) atoms. The van der Waals surface area contributed by atoms with E-state index in [2.05, 4.69) is 35.9 Å². The van der Waals surface area contributed by atoms with Crippen LogP contribution in [0.2, 0.25) is 0 Å². The summed E-state index contributed by atoms with van der Waals surface area (Å²) < 4.78 is 1.88.